The van der Waals surface area contributed by atoms with Crippen molar-refractivity contribution in [1.29, 1.82) is 0 Å². The summed E-state index contributed by atoms with van der Waals surface area (Å²) in [5.41, 5.74) is 2.89. The molecule has 35 heavy (non-hydrogen) atoms. The molecule has 1 aliphatic rings. The Labute approximate surface area is 200 Å². The Morgan fingerprint density at radius 1 is 1.00 bits per heavy atom. The molecule has 1 aromatic heterocycles. The first kappa shape index (κ1) is 22.9. The molecule has 0 spiro atoms. The van der Waals surface area contributed by atoms with Crippen molar-refractivity contribution in [2.75, 3.05) is 6.61 Å². The number of aromatic nitrogens is 2. The first-order valence-electron chi connectivity index (χ1n) is 11.1. The number of imidazole rings is 1. The molecule has 4 aromatic rings. The molecule has 0 N–H and O–H groups in total. The summed E-state index contributed by atoms with van der Waals surface area (Å²) in [6.07, 6.45) is 4.18. The standard InChI is InChI=1S/C27H22F2N2O4/c28-23-7-4-8-24(29)26(23)34-25(32)15-22-16-33-27(35-22,17-31-14-13-30-18-31)21-11-9-20(10-12-21)19-5-2-1-3-6-19/h1-14,18,22H,15-17H2/t22-,27-/m0/s1. The highest BCUT2D eigenvalue weighted by molar-refractivity contribution is 5.73. The third-order valence-electron chi connectivity index (χ3n) is 5.77. The van der Waals surface area contributed by atoms with Gasteiger partial charge in [-0.05, 0) is 23.3 Å². The van der Waals surface area contributed by atoms with Crippen molar-refractivity contribution in [2.45, 2.75) is 24.9 Å². The van der Waals surface area contributed by atoms with Gasteiger partial charge < -0.3 is 18.8 Å². The van der Waals surface area contributed by atoms with Crippen LogP contribution < -0.4 is 4.74 Å². The predicted molar refractivity (Wildman–Crippen MR) is 123 cm³/mol. The number of hydrogen-bond donors (Lipinski definition) is 0. The van der Waals surface area contributed by atoms with Crippen LogP contribution >= 0.6 is 0 Å². The summed E-state index contributed by atoms with van der Waals surface area (Å²) in [6, 6.07) is 21.0. The Morgan fingerprint density at radius 3 is 2.40 bits per heavy atom. The van der Waals surface area contributed by atoms with E-state index in [2.05, 4.69) is 4.98 Å². The summed E-state index contributed by atoms with van der Waals surface area (Å²) in [5, 5.41) is 0. The maximum atomic E-state index is 13.9. The molecule has 0 radical (unpaired) electrons. The summed E-state index contributed by atoms with van der Waals surface area (Å²) in [6.45, 7) is 0.398. The minimum absolute atomic E-state index is 0.101. The number of benzene rings is 3. The molecule has 0 saturated carbocycles. The average molecular weight is 476 g/mol. The monoisotopic (exact) mass is 476 g/mol. The van der Waals surface area contributed by atoms with Crippen LogP contribution in [0.4, 0.5) is 8.78 Å². The molecule has 1 aliphatic heterocycles. The highest BCUT2D eigenvalue weighted by atomic mass is 19.1. The summed E-state index contributed by atoms with van der Waals surface area (Å²) >= 11 is 0. The van der Waals surface area contributed by atoms with Crippen LogP contribution in [0, 0.1) is 11.6 Å². The molecule has 178 valence electrons. The van der Waals surface area contributed by atoms with E-state index in [1.54, 1.807) is 18.7 Å². The molecular formula is C27H22F2N2O4. The second kappa shape index (κ2) is 9.77. The second-order valence-corrected chi connectivity index (χ2v) is 8.21. The van der Waals surface area contributed by atoms with E-state index in [0.29, 0.717) is 6.54 Å². The number of nitrogens with zero attached hydrogens (tertiary/aromatic N) is 2. The Hall–Kier alpha value is -3.88. The van der Waals surface area contributed by atoms with Gasteiger partial charge in [-0.15, -0.1) is 0 Å². The SMILES string of the molecule is O=C(C[C@H]1CO[C@](Cn2ccnc2)(c2ccc(-c3ccccc3)cc2)O1)Oc1c(F)cccc1F. The zero-order valence-electron chi connectivity index (χ0n) is 18.6. The Balaban J connectivity index is 1.35. The Kier molecular flexibility index (Phi) is 6.39. The minimum Gasteiger partial charge on any atom is -0.420 e. The zero-order valence-corrected chi connectivity index (χ0v) is 18.6. The van der Waals surface area contributed by atoms with E-state index in [1.165, 1.54) is 6.07 Å². The quantitative estimate of drug-likeness (QED) is 0.275. The molecule has 5 rings (SSSR count). The number of hydrogen-bond acceptors (Lipinski definition) is 5. The van der Waals surface area contributed by atoms with Gasteiger partial charge in [0.1, 0.15) is 0 Å². The van der Waals surface area contributed by atoms with Crippen molar-refractivity contribution in [1.82, 2.24) is 9.55 Å². The van der Waals surface area contributed by atoms with Crippen molar-refractivity contribution < 1.29 is 27.8 Å². The van der Waals surface area contributed by atoms with E-state index < -0.39 is 35.2 Å². The van der Waals surface area contributed by atoms with E-state index in [9.17, 15) is 13.6 Å². The van der Waals surface area contributed by atoms with Gasteiger partial charge in [-0.2, -0.15) is 0 Å². The van der Waals surface area contributed by atoms with E-state index in [0.717, 1.165) is 28.8 Å². The van der Waals surface area contributed by atoms with E-state index >= 15 is 0 Å². The fourth-order valence-corrected chi connectivity index (χ4v) is 4.08. The number of rotatable bonds is 7. The van der Waals surface area contributed by atoms with E-state index in [1.807, 2.05) is 59.2 Å². The molecule has 1 fully saturated rings. The van der Waals surface area contributed by atoms with Crippen LogP contribution in [-0.2, 0) is 26.6 Å². The highest BCUT2D eigenvalue weighted by Gasteiger charge is 2.44. The summed E-state index contributed by atoms with van der Waals surface area (Å²) in [7, 11) is 0. The van der Waals surface area contributed by atoms with Gasteiger partial charge in [0.05, 0.1) is 32.0 Å². The topological polar surface area (TPSA) is 62.6 Å². The van der Waals surface area contributed by atoms with Crippen LogP contribution in [0.15, 0.2) is 91.5 Å². The molecular weight excluding hydrogens is 454 g/mol. The van der Waals surface area contributed by atoms with E-state index in [4.69, 9.17) is 14.2 Å². The van der Waals surface area contributed by atoms with Gasteiger partial charge in [-0.25, -0.2) is 13.8 Å². The second-order valence-electron chi connectivity index (χ2n) is 8.21. The van der Waals surface area contributed by atoms with Crippen molar-refractivity contribution in [3.05, 3.63) is 109 Å². The van der Waals surface area contributed by atoms with Gasteiger partial charge in [-0.3, -0.25) is 4.79 Å². The lowest BCUT2D eigenvalue weighted by Gasteiger charge is -2.29. The van der Waals surface area contributed by atoms with Crippen LogP contribution in [0.5, 0.6) is 5.75 Å². The van der Waals surface area contributed by atoms with Gasteiger partial charge in [0, 0.05) is 18.0 Å². The van der Waals surface area contributed by atoms with Crippen molar-refractivity contribution in [2.24, 2.45) is 0 Å². The number of halogens is 2. The Bertz CT molecular complexity index is 1280. The number of carbonyl (C=O) groups is 1. The van der Waals surface area contributed by atoms with Crippen molar-refractivity contribution in [3.63, 3.8) is 0 Å². The fraction of sp³-hybridized carbons (Fsp3) is 0.185. The van der Waals surface area contributed by atoms with Gasteiger partial charge in [-0.1, -0.05) is 60.7 Å². The van der Waals surface area contributed by atoms with Crippen LogP contribution in [0.2, 0.25) is 0 Å². The number of carbonyl (C=O) groups excluding carboxylic acids is 1. The highest BCUT2D eigenvalue weighted by Crippen LogP contribution is 2.38. The van der Waals surface area contributed by atoms with E-state index in [-0.39, 0.29) is 13.0 Å². The molecule has 3 aromatic carbocycles. The van der Waals surface area contributed by atoms with Crippen LogP contribution in [0.25, 0.3) is 11.1 Å². The Morgan fingerprint density at radius 2 is 1.71 bits per heavy atom. The molecule has 8 heteroatoms. The molecule has 1 saturated heterocycles. The number of para-hydroxylation sites is 1. The van der Waals surface area contributed by atoms with Crippen molar-refractivity contribution in [3.8, 4) is 16.9 Å². The van der Waals surface area contributed by atoms with Gasteiger partial charge in [0.15, 0.2) is 11.6 Å². The van der Waals surface area contributed by atoms with Crippen LogP contribution in [0.3, 0.4) is 0 Å². The first-order valence-corrected chi connectivity index (χ1v) is 11.1. The van der Waals surface area contributed by atoms with Crippen LogP contribution in [0.1, 0.15) is 12.0 Å². The van der Waals surface area contributed by atoms with Gasteiger partial charge in [0.25, 0.3) is 0 Å². The van der Waals surface area contributed by atoms with Crippen LogP contribution in [-0.4, -0.2) is 28.2 Å². The minimum atomic E-state index is -1.18. The van der Waals surface area contributed by atoms with Gasteiger partial charge in [0.2, 0.25) is 11.5 Å². The molecule has 2 heterocycles. The lowest BCUT2D eigenvalue weighted by atomic mass is 10.00. The van der Waals surface area contributed by atoms with Gasteiger partial charge >= 0.3 is 5.97 Å². The zero-order chi connectivity index (χ0) is 24.3. The lowest BCUT2D eigenvalue weighted by molar-refractivity contribution is -0.188. The predicted octanol–water partition coefficient (Wildman–Crippen LogP) is 5.09. The third kappa shape index (κ3) is 4.99. The largest absolute Gasteiger partial charge is 0.420 e. The smallest absolute Gasteiger partial charge is 0.314 e. The number of ether oxygens (including phenoxy) is 3. The lowest BCUT2D eigenvalue weighted by Crippen LogP contribution is -2.33. The molecule has 0 bridgehead atoms. The fourth-order valence-electron chi connectivity index (χ4n) is 4.08. The summed E-state index contributed by atoms with van der Waals surface area (Å²) in [5.74, 6) is -4.62. The molecule has 0 unspecified atom stereocenters. The number of esters is 1. The first-order chi connectivity index (χ1) is 17.0. The normalized spacial score (nSPS) is 19.5. The molecule has 0 aliphatic carbocycles. The molecule has 2 atom stereocenters. The summed E-state index contributed by atoms with van der Waals surface area (Å²) < 4.78 is 46.9. The average Bonchev–Trinajstić information content (AvgIpc) is 3.53. The maximum Gasteiger partial charge on any atom is 0.314 e. The maximum absolute atomic E-state index is 13.9. The summed E-state index contributed by atoms with van der Waals surface area (Å²) in [4.78, 5) is 16.5. The molecule has 6 nitrogen and oxygen atoms in total. The molecule has 0 amide bonds. The third-order valence-corrected chi connectivity index (χ3v) is 5.77. The van der Waals surface area contributed by atoms with Crippen molar-refractivity contribution >= 4 is 5.97 Å².